The third-order valence-electron chi connectivity index (χ3n) is 3.44. The van der Waals surface area contributed by atoms with Crippen molar-refractivity contribution in [2.45, 2.75) is 51.5 Å². The second-order valence-electron chi connectivity index (χ2n) is 4.96. The van der Waals surface area contributed by atoms with E-state index in [9.17, 15) is 4.79 Å². The zero-order valence-electron chi connectivity index (χ0n) is 11.0. The summed E-state index contributed by atoms with van der Waals surface area (Å²) in [5.41, 5.74) is 1.98. The van der Waals surface area contributed by atoms with Gasteiger partial charge in [-0.05, 0) is 31.0 Å². The van der Waals surface area contributed by atoms with Crippen LogP contribution in [0.15, 0.2) is 24.3 Å². The molecule has 0 radical (unpaired) electrons. The third-order valence-corrected chi connectivity index (χ3v) is 3.44. The first-order chi connectivity index (χ1) is 8.78. The molecule has 0 heterocycles. The fourth-order valence-electron chi connectivity index (χ4n) is 2.42. The van der Waals surface area contributed by atoms with E-state index in [4.69, 9.17) is 0 Å². The molecule has 1 saturated carbocycles. The molecule has 0 spiro atoms. The van der Waals surface area contributed by atoms with Crippen LogP contribution >= 0.6 is 0 Å². The first kappa shape index (κ1) is 12.9. The van der Waals surface area contributed by atoms with Gasteiger partial charge < -0.3 is 10.6 Å². The van der Waals surface area contributed by atoms with Crippen molar-refractivity contribution in [2.24, 2.45) is 0 Å². The molecule has 1 aliphatic carbocycles. The van der Waals surface area contributed by atoms with Gasteiger partial charge in [0.05, 0.1) is 0 Å². The average molecular weight is 246 g/mol. The molecule has 3 heteroatoms. The lowest BCUT2D eigenvalue weighted by molar-refractivity contribution is -0.115. The molecule has 1 aliphatic rings. The minimum atomic E-state index is 0.0600. The van der Waals surface area contributed by atoms with Gasteiger partial charge in [-0.15, -0.1) is 0 Å². The summed E-state index contributed by atoms with van der Waals surface area (Å²) < 4.78 is 0. The number of anilines is 2. The molecule has 1 aromatic carbocycles. The van der Waals surface area contributed by atoms with Gasteiger partial charge in [-0.2, -0.15) is 0 Å². The van der Waals surface area contributed by atoms with Crippen LogP contribution in [0.5, 0.6) is 0 Å². The quantitative estimate of drug-likeness (QED) is 0.849. The molecular weight excluding hydrogens is 224 g/mol. The van der Waals surface area contributed by atoms with Crippen molar-refractivity contribution in [1.29, 1.82) is 0 Å². The molecule has 0 atom stereocenters. The highest BCUT2D eigenvalue weighted by Gasteiger charge is 2.12. The highest BCUT2D eigenvalue weighted by Crippen LogP contribution is 2.23. The van der Waals surface area contributed by atoms with E-state index >= 15 is 0 Å². The Labute approximate surface area is 109 Å². The van der Waals surface area contributed by atoms with Gasteiger partial charge in [0.25, 0.3) is 0 Å². The maximum Gasteiger partial charge on any atom is 0.224 e. The lowest BCUT2D eigenvalue weighted by Gasteiger charge is -2.24. The zero-order chi connectivity index (χ0) is 12.8. The van der Waals surface area contributed by atoms with Crippen molar-refractivity contribution in [2.75, 3.05) is 10.6 Å². The minimum Gasteiger partial charge on any atom is -0.382 e. The monoisotopic (exact) mass is 246 g/mol. The Balaban J connectivity index is 1.95. The number of nitrogens with one attached hydrogen (secondary N) is 2. The Morgan fingerprint density at radius 2 is 1.94 bits per heavy atom. The smallest absolute Gasteiger partial charge is 0.224 e. The molecule has 1 fully saturated rings. The van der Waals surface area contributed by atoms with Gasteiger partial charge in [-0.3, -0.25) is 4.79 Å². The molecule has 2 N–H and O–H groups in total. The Morgan fingerprint density at radius 3 is 2.67 bits per heavy atom. The standard InChI is InChI=1S/C15H22N2O/c1-2-15(18)17-14-10-6-9-13(11-14)16-12-7-4-3-5-8-12/h6,9-12,16H,2-5,7-8H2,1H3,(H,17,18). The van der Waals surface area contributed by atoms with Crippen molar-refractivity contribution in [3.05, 3.63) is 24.3 Å². The number of rotatable bonds is 4. The molecule has 3 nitrogen and oxygen atoms in total. The number of carbonyl (C=O) groups excluding carboxylic acids is 1. The largest absolute Gasteiger partial charge is 0.382 e. The molecule has 0 saturated heterocycles. The number of hydrogen-bond donors (Lipinski definition) is 2. The van der Waals surface area contributed by atoms with Crippen LogP contribution in [-0.4, -0.2) is 11.9 Å². The fraction of sp³-hybridized carbons (Fsp3) is 0.533. The second-order valence-corrected chi connectivity index (χ2v) is 4.96. The van der Waals surface area contributed by atoms with Crippen LogP contribution in [0, 0.1) is 0 Å². The third kappa shape index (κ3) is 3.76. The van der Waals surface area contributed by atoms with Crippen LogP contribution in [0.3, 0.4) is 0 Å². The molecule has 1 amide bonds. The van der Waals surface area contributed by atoms with E-state index in [-0.39, 0.29) is 5.91 Å². The van der Waals surface area contributed by atoms with Crippen molar-refractivity contribution in [1.82, 2.24) is 0 Å². The van der Waals surface area contributed by atoms with E-state index in [1.54, 1.807) is 0 Å². The van der Waals surface area contributed by atoms with E-state index in [0.717, 1.165) is 11.4 Å². The van der Waals surface area contributed by atoms with Gasteiger partial charge >= 0.3 is 0 Å². The van der Waals surface area contributed by atoms with Crippen LogP contribution in [-0.2, 0) is 4.79 Å². The lowest BCUT2D eigenvalue weighted by Crippen LogP contribution is -2.22. The molecule has 18 heavy (non-hydrogen) atoms. The van der Waals surface area contributed by atoms with Crippen LogP contribution in [0.4, 0.5) is 11.4 Å². The fourth-order valence-corrected chi connectivity index (χ4v) is 2.42. The zero-order valence-corrected chi connectivity index (χ0v) is 11.0. The summed E-state index contributed by atoms with van der Waals surface area (Å²) >= 11 is 0. The molecule has 0 aromatic heterocycles. The van der Waals surface area contributed by atoms with Gasteiger partial charge in [0.1, 0.15) is 0 Å². The molecular formula is C15H22N2O. The van der Waals surface area contributed by atoms with Crippen molar-refractivity contribution in [3.63, 3.8) is 0 Å². The topological polar surface area (TPSA) is 41.1 Å². The summed E-state index contributed by atoms with van der Waals surface area (Å²) in [7, 11) is 0. The summed E-state index contributed by atoms with van der Waals surface area (Å²) in [5.74, 6) is 0.0600. The van der Waals surface area contributed by atoms with E-state index in [1.165, 1.54) is 32.1 Å². The van der Waals surface area contributed by atoms with Gasteiger partial charge in [0.15, 0.2) is 0 Å². The molecule has 0 bridgehead atoms. The normalized spacial score (nSPS) is 16.3. The Hall–Kier alpha value is -1.51. The van der Waals surface area contributed by atoms with E-state index in [0.29, 0.717) is 12.5 Å². The summed E-state index contributed by atoms with van der Waals surface area (Å²) in [6, 6.07) is 8.59. The maximum absolute atomic E-state index is 11.4. The molecule has 0 unspecified atom stereocenters. The summed E-state index contributed by atoms with van der Waals surface area (Å²) in [5, 5.41) is 6.45. The predicted octanol–water partition coefficient (Wildman–Crippen LogP) is 3.78. The number of amides is 1. The lowest BCUT2D eigenvalue weighted by atomic mass is 9.95. The average Bonchev–Trinajstić information content (AvgIpc) is 2.40. The Bertz CT molecular complexity index is 397. The summed E-state index contributed by atoms with van der Waals surface area (Å²) in [6.07, 6.45) is 7.04. The van der Waals surface area contributed by atoms with Crippen molar-refractivity contribution in [3.8, 4) is 0 Å². The molecule has 1 aromatic rings. The number of benzene rings is 1. The summed E-state index contributed by atoms with van der Waals surface area (Å²) in [4.78, 5) is 11.4. The molecule has 0 aliphatic heterocycles. The van der Waals surface area contributed by atoms with E-state index < -0.39 is 0 Å². The highest BCUT2D eigenvalue weighted by atomic mass is 16.1. The second kappa shape index (κ2) is 6.43. The van der Waals surface area contributed by atoms with Crippen molar-refractivity contribution >= 4 is 17.3 Å². The first-order valence-electron chi connectivity index (χ1n) is 6.94. The van der Waals surface area contributed by atoms with Crippen LogP contribution < -0.4 is 10.6 Å². The van der Waals surface area contributed by atoms with Gasteiger partial charge in [-0.1, -0.05) is 32.3 Å². The number of carbonyl (C=O) groups is 1. The van der Waals surface area contributed by atoms with E-state index in [2.05, 4.69) is 16.7 Å². The highest BCUT2D eigenvalue weighted by molar-refractivity contribution is 5.90. The first-order valence-corrected chi connectivity index (χ1v) is 6.94. The van der Waals surface area contributed by atoms with Gasteiger partial charge in [0, 0.05) is 23.8 Å². The van der Waals surface area contributed by atoms with Crippen LogP contribution in [0.2, 0.25) is 0 Å². The SMILES string of the molecule is CCC(=O)Nc1cccc(NC2CCCCC2)c1. The van der Waals surface area contributed by atoms with Crippen molar-refractivity contribution < 1.29 is 4.79 Å². The summed E-state index contributed by atoms with van der Waals surface area (Å²) in [6.45, 7) is 1.86. The van der Waals surface area contributed by atoms with E-state index in [1.807, 2.05) is 25.1 Å². The maximum atomic E-state index is 11.4. The number of hydrogen-bond acceptors (Lipinski definition) is 2. The molecule has 98 valence electrons. The minimum absolute atomic E-state index is 0.0600. The van der Waals surface area contributed by atoms with Gasteiger partial charge in [-0.25, -0.2) is 0 Å². The Kier molecular flexibility index (Phi) is 4.62. The Morgan fingerprint density at radius 1 is 1.22 bits per heavy atom. The molecule has 2 rings (SSSR count). The van der Waals surface area contributed by atoms with Crippen LogP contribution in [0.25, 0.3) is 0 Å². The predicted molar refractivity (Wildman–Crippen MR) is 75.9 cm³/mol. The van der Waals surface area contributed by atoms with Crippen LogP contribution in [0.1, 0.15) is 45.4 Å². The van der Waals surface area contributed by atoms with Gasteiger partial charge in [0.2, 0.25) is 5.91 Å².